The molecule has 0 saturated heterocycles. The number of halogens is 2. The highest BCUT2D eigenvalue weighted by Crippen LogP contribution is 2.29. The second kappa shape index (κ2) is 7.04. The second-order valence-electron chi connectivity index (χ2n) is 5.03. The Morgan fingerprint density at radius 3 is 2.88 bits per heavy atom. The molecule has 3 rings (SSSR count). The lowest BCUT2D eigenvalue weighted by Gasteiger charge is -2.06. The highest BCUT2D eigenvalue weighted by Gasteiger charge is 2.12. The van der Waals surface area contributed by atoms with E-state index in [9.17, 15) is 8.78 Å². The van der Waals surface area contributed by atoms with Crippen LogP contribution in [0.25, 0.3) is 11.0 Å². The van der Waals surface area contributed by atoms with E-state index in [1.807, 2.05) is 6.07 Å². The van der Waals surface area contributed by atoms with Crippen LogP contribution in [0.5, 0.6) is 11.5 Å². The molecule has 0 unspecified atom stereocenters. The Morgan fingerprint density at radius 1 is 1.29 bits per heavy atom. The molecular formula is C16H15F2N3O2S. The smallest absolute Gasteiger partial charge is 0.387 e. The van der Waals surface area contributed by atoms with Gasteiger partial charge in [0.1, 0.15) is 11.5 Å². The number of imidazole rings is 1. The molecule has 0 aliphatic rings. The van der Waals surface area contributed by atoms with Crippen molar-refractivity contribution in [1.82, 2.24) is 15.0 Å². The number of pyridine rings is 1. The highest BCUT2D eigenvalue weighted by molar-refractivity contribution is 7.98. The number of fused-ring (bicyclic) bond motifs is 1. The standard InChI is InChI=1S/C16H15F2N3O2S/c1-9-5-12-13(7-14(9)23-15(17)18)21-16(20-12)24-8-10-6-11(22-2)3-4-19-10/h3-7,15H,8H2,1-2H3,(H,20,21). The van der Waals surface area contributed by atoms with Gasteiger partial charge in [-0.05, 0) is 24.6 Å². The van der Waals surface area contributed by atoms with Crippen LogP contribution >= 0.6 is 11.8 Å². The van der Waals surface area contributed by atoms with Crippen molar-refractivity contribution in [2.24, 2.45) is 0 Å². The van der Waals surface area contributed by atoms with Gasteiger partial charge in [0, 0.05) is 24.1 Å². The molecule has 0 spiro atoms. The number of ether oxygens (including phenoxy) is 2. The molecule has 126 valence electrons. The summed E-state index contributed by atoms with van der Waals surface area (Å²) in [4.78, 5) is 11.8. The summed E-state index contributed by atoms with van der Waals surface area (Å²) < 4.78 is 34.5. The van der Waals surface area contributed by atoms with Crippen LogP contribution in [0.2, 0.25) is 0 Å². The molecule has 1 N–H and O–H groups in total. The first kappa shape index (κ1) is 16.5. The first-order chi connectivity index (χ1) is 11.5. The van der Waals surface area contributed by atoms with Crippen LogP contribution in [0.3, 0.4) is 0 Å². The van der Waals surface area contributed by atoms with Crippen molar-refractivity contribution in [2.45, 2.75) is 24.4 Å². The number of rotatable bonds is 6. The van der Waals surface area contributed by atoms with Gasteiger partial charge >= 0.3 is 6.61 Å². The van der Waals surface area contributed by atoms with Gasteiger partial charge in [-0.2, -0.15) is 8.78 Å². The molecule has 2 heterocycles. The molecular weight excluding hydrogens is 336 g/mol. The van der Waals surface area contributed by atoms with Gasteiger partial charge in [0.15, 0.2) is 5.16 Å². The van der Waals surface area contributed by atoms with E-state index in [0.717, 1.165) is 17.0 Å². The molecule has 3 aromatic rings. The Hall–Kier alpha value is -2.35. The maximum Gasteiger partial charge on any atom is 0.387 e. The van der Waals surface area contributed by atoms with Crippen molar-refractivity contribution in [3.8, 4) is 11.5 Å². The average Bonchev–Trinajstić information content (AvgIpc) is 2.94. The Morgan fingerprint density at radius 2 is 2.12 bits per heavy atom. The van der Waals surface area contributed by atoms with Crippen molar-refractivity contribution in [3.05, 3.63) is 41.7 Å². The molecule has 0 fully saturated rings. The monoisotopic (exact) mass is 351 g/mol. The normalized spacial score (nSPS) is 11.2. The number of aromatic amines is 1. The number of H-pyrrole nitrogens is 1. The predicted octanol–water partition coefficient (Wildman–Crippen LogP) is 4.17. The SMILES string of the molecule is COc1ccnc(CSc2nc3cc(OC(F)F)c(C)cc3[nH]2)c1. The van der Waals surface area contributed by atoms with Gasteiger partial charge in [-0.1, -0.05) is 11.8 Å². The van der Waals surface area contributed by atoms with E-state index in [0.29, 0.717) is 22.0 Å². The van der Waals surface area contributed by atoms with E-state index in [-0.39, 0.29) is 5.75 Å². The highest BCUT2D eigenvalue weighted by atomic mass is 32.2. The molecule has 0 aliphatic heterocycles. The number of aromatic nitrogens is 3. The van der Waals surface area contributed by atoms with Crippen LogP contribution in [-0.4, -0.2) is 28.7 Å². The molecule has 0 radical (unpaired) electrons. The number of hydrogen-bond acceptors (Lipinski definition) is 5. The van der Waals surface area contributed by atoms with Crippen LogP contribution in [0.4, 0.5) is 8.78 Å². The zero-order chi connectivity index (χ0) is 17.1. The van der Waals surface area contributed by atoms with Crippen molar-refractivity contribution < 1.29 is 18.3 Å². The third-order valence-corrected chi connectivity index (χ3v) is 4.26. The number of nitrogens with one attached hydrogen (secondary N) is 1. The maximum atomic E-state index is 12.4. The first-order valence-corrected chi connectivity index (χ1v) is 8.10. The molecule has 0 amide bonds. The fourth-order valence-electron chi connectivity index (χ4n) is 2.22. The molecule has 1 aromatic carbocycles. The summed E-state index contributed by atoms with van der Waals surface area (Å²) in [6.07, 6.45) is 1.69. The summed E-state index contributed by atoms with van der Waals surface area (Å²) in [6, 6.07) is 6.89. The largest absolute Gasteiger partial charge is 0.497 e. The van der Waals surface area contributed by atoms with Crippen LogP contribution in [0.1, 0.15) is 11.3 Å². The van der Waals surface area contributed by atoms with E-state index in [2.05, 4.69) is 19.7 Å². The summed E-state index contributed by atoms with van der Waals surface area (Å²) in [5, 5.41) is 0.684. The molecule has 0 atom stereocenters. The molecule has 0 bridgehead atoms. The molecule has 0 aliphatic carbocycles. The van der Waals surface area contributed by atoms with Crippen LogP contribution in [0, 0.1) is 6.92 Å². The molecule has 5 nitrogen and oxygen atoms in total. The van der Waals surface area contributed by atoms with E-state index in [1.54, 1.807) is 32.4 Å². The van der Waals surface area contributed by atoms with Crippen LogP contribution in [-0.2, 0) is 5.75 Å². The third-order valence-electron chi connectivity index (χ3n) is 3.35. The van der Waals surface area contributed by atoms with E-state index in [1.165, 1.54) is 17.8 Å². The Labute approximate surface area is 141 Å². The zero-order valence-electron chi connectivity index (χ0n) is 13.0. The third kappa shape index (κ3) is 3.76. The Kier molecular flexibility index (Phi) is 4.84. The van der Waals surface area contributed by atoms with Crippen molar-refractivity contribution in [2.75, 3.05) is 7.11 Å². The van der Waals surface area contributed by atoms with Crippen LogP contribution in [0.15, 0.2) is 35.6 Å². The Bertz CT molecular complexity index is 854. The first-order valence-electron chi connectivity index (χ1n) is 7.12. The molecule has 0 saturated carbocycles. The summed E-state index contributed by atoms with van der Waals surface area (Å²) >= 11 is 1.47. The van der Waals surface area contributed by atoms with Gasteiger partial charge in [-0.15, -0.1) is 0 Å². The second-order valence-corrected chi connectivity index (χ2v) is 6.00. The number of aryl methyl sites for hydroxylation is 1. The zero-order valence-corrected chi connectivity index (χ0v) is 13.9. The van der Waals surface area contributed by atoms with Crippen molar-refractivity contribution in [3.63, 3.8) is 0 Å². The number of methoxy groups -OCH3 is 1. The number of hydrogen-bond donors (Lipinski definition) is 1. The fraction of sp³-hybridized carbons (Fsp3) is 0.250. The predicted molar refractivity (Wildman–Crippen MR) is 87.8 cm³/mol. The lowest BCUT2D eigenvalue weighted by Crippen LogP contribution is -2.03. The van der Waals surface area contributed by atoms with Crippen molar-refractivity contribution >= 4 is 22.8 Å². The summed E-state index contributed by atoms with van der Waals surface area (Å²) in [6.45, 7) is -1.14. The number of alkyl halides is 2. The number of benzene rings is 1. The topological polar surface area (TPSA) is 60.0 Å². The van der Waals surface area contributed by atoms with E-state index in [4.69, 9.17) is 4.74 Å². The lowest BCUT2D eigenvalue weighted by atomic mass is 10.2. The van der Waals surface area contributed by atoms with E-state index >= 15 is 0 Å². The molecule has 8 heteroatoms. The van der Waals surface area contributed by atoms with Gasteiger partial charge in [0.05, 0.1) is 23.8 Å². The fourth-order valence-corrected chi connectivity index (χ4v) is 3.01. The molecule has 2 aromatic heterocycles. The van der Waals surface area contributed by atoms with Gasteiger partial charge in [0.25, 0.3) is 0 Å². The van der Waals surface area contributed by atoms with Gasteiger partial charge in [-0.3, -0.25) is 4.98 Å². The summed E-state index contributed by atoms with van der Waals surface area (Å²) in [7, 11) is 1.60. The van der Waals surface area contributed by atoms with Gasteiger partial charge < -0.3 is 14.5 Å². The number of nitrogens with zero attached hydrogens (tertiary/aromatic N) is 2. The number of thioether (sulfide) groups is 1. The minimum atomic E-state index is -2.85. The quantitative estimate of drug-likeness (QED) is 0.676. The van der Waals surface area contributed by atoms with Crippen molar-refractivity contribution in [1.29, 1.82) is 0 Å². The van der Waals surface area contributed by atoms with Gasteiger partial charge in [0.2, 0.25) is 0 Å². The minimum Gasteiger partial charge on any atom is -0.497 e. The molecule has 24 heavy (non-hydrogen) atoms. The summed E-state index contributed by atoms with van der Waals surface area (Å²) in [5.41, 5.74) is 2.84. The summed E-state index contributed by atoms with van der Waals surface area (Å²) in [5.74, 6) is 1.49. The minimum absolute atomic E-state index is 0.134. The van der Waals surface area contributed by atoms with Crippen LogP contribution < -0.4 is 9.47 Å². The lowest BCUT2D eigenvalue weighted by molar-refractivity contribution is -0.0502. The average molecular weight is 351 g/mol. The Balaban J connectivity index is 1.77. The van der Waals surface area contributed by atoms with E-state index < -0.39 is 6.61 Å². The van der Waals surface area contributed by atoms with Gasteiger partial charge in [-0.25, -0.2) is 4.98 Å². The maximum absolute atomic E-state index is 12.4.